The lowest BCUT2D eigenvalue weighted by Gasteiger charge is -2.12. The van der Waals surface area contributed by atoms with Crippen molar-refractivity contribution in [1.82, 2.24) is 4.98 Å². The van der Waals surface area contributed by atoms with Gasteiger partial charge < -0.3 is 11.5 Å². The van der Waals surface area contributed by atoms with E-state index in [1.807, 2.05) is 0 Å². The average Bonchev–Trinajstić information content (AvgIpc) is 2.25. The first-order valence-corrected chi connectivity index (χ1v) is 4.89. The second-order valence-electron chi connectivity index (χ2n) is 3.58. The van der Waals surface area contributed by atoms with Gasteiger partial charge in [-0.05, 0) is 37.6 Å². The molecule has 0 bridgehead atoms. The van der Waals surface area contributed by atoms with Crippen LogP contribution in [0.5, 0.6) is 0 Å². The van der Waals surface area contributed by atoms with Crippen LogP contribution in [0.2, 0.25) is 0 Å². The predicted molar refractivity (Wildman–Crippen MR) is 54.5 cm³/mol. The molecule has 3 nitrogen and oxygen atoms in total. The Balaban J connectivity index is 2.72. The van der Waals surface area contributed by atoms with Gasteiger partial charge in [0.15, 0.2) is 0 Å². The fraction of sp³-hybridized carbons (Fsp3) is 0.500. The third-order valence-electron chi connectivity index (χ3n) is 2.32. The molecule has 90 valence electrons. The molecule has 0 aliphatic heterocycles. The Hall–Kier alpha value is -1.14. The van der Waals surface area contributed by atoms with Crippen molar-refractivity contribution in [1.29, 1.82) is 0 Å². The standard InChI is InChI=1S/C10H14F3N3/c11-10(12,13)8-1-2-9(16-6-8)3-7(4-14)5-15/h1-2,6-7H,3-5,14-15H2. The van der Waals surface area contributed by atoms with Gasteiger partial charge in [-0.25, -0.2) is 0 Å². The van der Waals surface area contributed by atoms with Gasteiger partial charge in [0.25, 0.3) is 0 Å². The number of rotatable bonds is 4. The van der Waals surface area contributed by atoms with Crippen LogP contribution in [-0.2, 0) is 12.6 Å². The molecule has 1 aromatic heterocycles. The molecule has 0 atom stereocenters. The van der Waals surface area contributed by atoms with Crippen LogP contribution in [0.3, 0.4) is 0 Å². The average molecular weight is 233 g/mol. The normalized spacial score (nSPS) is 12.1. The van der Waals surface area contributed by atoms with Gasteiger partial charge in [0.05, 0.1) is 5.56 Å². The van der Waals surface area contributed by atoms with E-state index in [-0.39, 0.29) is 5.92 Å². The van der Waals surface area contributed by atoms with E-state index in [2.05, 4.69) is 4.98 Å². The Bertz CT molecular complexity index is 317. The molecule has 6 heteroatoms. The van der Waals surface area contributed by atoms with E-state index in [0.717, 1.165) is 12.3 Å². The van der Waals surface area contributed by atoms with Crippen LogP contribution in [0, 0.1) is 5.92 Å². The third-order valence-corrected chi connectivity index (χ3v) is 2.32. The monoisotopic (exact) mass is 233 g/mol. The van der Waals surface area contributed by atoms with E-state index >= 15 is 0 Å². The summed E-state index contributed by atoms with van der Waals surface area (Å²) in [7, 11) is 0. The van der Waals surface area contributed by atoms with E-state index in [1.165, 1.54) is 6.07 Å². The summed E-state index contributed by atoms with van der Waals surface area (Å²) in [6.45, 7) is 0.804. The molecule has 0 saturated heterocycles. The SMILES string of the molecule is NCC(CN)Cc1ccc(C(F)(F)F)cn1. The van der Waals surface area contributed by atoms with Crippen LogP contribution in [0.15, 0.2) is 18.3 Å². The molecule has 16 heavy (non-hydrogen) atoms. The molecule has 0 aliphatic carbocycles. The summed E-state index contributed by atoms with van der Waals surface area (Å²) in [4.78, 5) is 3.75. The van der Waals surface area contributed by atoms with Crippen molar-refractivity contribution in [3.8, 4) is 0 Å². The molecule has 0 spiro atoms. The zero-order chi connectivity index (χ0) is 12.2. The number of pyridine rings is 1. The molecular weight excluding hydrogens is 219 g/mol. The quantitative estimate of drug-likeness (QED) is 0.820. The number of alkyl halides is 3. The Morgan fingerprint density at radius 2 is 1.81 bits per heavy atom. The van der Waals surface area contributed by atoms with Gasteiger partial charge in [0.1, 0.15) is 0 Å². The molecule has 0 saturated carbocycles. The molecule has 0 aliphatic rings. The third kappa shape index (κ3) is 3.46. The summed E-state index contributed by atoms with van der Waals surface area (Å²) in [5, 5.41) is 0. The fourth-order valence-corrected chi connectivity index (χ4v) is 1.27. The molecule has 4 N–H and O–H groups in total. The van der Waals surface area contributed by atoms with E-state index in [1.54, 1.807) is 0 Å². The van der Waals surface area contributed by atoms with Gasteiger partial charge in [0.2, 0.25) is 0 Å². The minimum absolute atomic E-state index is 0.0595. The van der Waals surface area contributed by atoms with Gasteiger partial charge in [-0.15, -0.1) is 0 Å². The molecule has 0 fully saturated rings. The maximum absolute atomic E-state index is 12.2. The molecular formula is C10H14F3N3. The minimum Gasteiger partial charge on any atom is -0.330 e. The highest BCUT2D eigenvalue weighted by Gasteiger charge is 2.30. The van der Waals surface area contributed by atoms with Gasteiger partial charge in [0, 0.05) is 11.9 Å². The van der Waals surface area contributed by atoms with Crippen molar-refractivity contribution in [2.45, 2.75) is 12.6 Å². The number of hydrogen-bond donors (Lipinski definition) is 2. The van der Waals surface area contributed by atoms with Crippen LogP contribution in [0.1, 0.15) is 11.3 Å². The summed E-state index contributed by atoms with van der Waals surface area (Å²) >= 11 is 0. The van der Waals surface area contributed by atoms with Crippen LogP contribution in [0.25, 0.3) is 0 Å². The zero-order valence-corrected chi connectivity index (χ0v) is 8.67. The Morgan fingerprint density at radius 3 is 2.19 bits per heavy atom. The topological polar surface area (TPSA) is 64.9 Å². The van der Waals surface area contributed by atoms with Crippen molar-refractivity contribution in [2.75, 3.05) is 13.1 Å². The van der Waals surface area contributed by atoms with Crippen LogP contribution in [-0.4, -0.2) is 18.1 Å². The summed E-state index contributed by atoms with van der Waals surface area (Å²) in [6.07, 6.45) is -3.00. The first-order chi connectivity index (χ1) is 7.47. The van der Waals surface area contributed by atoms with Crippen molar-refractivity contribution in [3.05, 3.63) is 29.6 Å². The van der Waals surface area contributed by atoms with Crippen LogP contribution < -0.4 is 11.5 Å². The number of nitrogens with two attached hydrogens (primary N) is 2. The summed E-state index contributed by atoms with van der Waals surface area (Å²) in [5.41, 5.74) is 10.7. The van der Waals surface area contributed by atoms with Crippen molar-refractivity contribution >= 4 is 0 Å². The van der Waals surface area contributed by atoms with Gasteiger partial charge in [-0.1, -0.05) is 0 Å². The predicted octanol–water partition coefficient (Wildman–Crippen LogP) is 1.18. The number of hydrogen-bond acceptors (Lipinski definition) is 3. The highest BCUT2D eigenvalue weighted by Crippen LogP contribution is 2.28. The highest BCUT2D eigenvalue weighted by atomic mass is 19.4. The zero-order valence-electron chi connectivity index (χ0n) is 8.67. The largest absolute Gasteiger partial charge is 0.417 e. The van der Waals surface area contributed by atoms with Crippen molar-refractivity contribution < 1.29 is 13.2 Å². The van der Waals surface area contributed by atoms with E-state index in [9.17, 15) is 13.2 Å². The molecule has 1 aromatic rings. The first-order valence-electron chi connectivity index (χ1n) is 4.89. The van der Waals surface area contributed by atoms with Crippen LogP contribution >= 0.6 is 0 Å². The second kappa shape index (κ2) is 5.27. The van der Waals surface area contributed by atoms with E-state index in [0.29, 0.717) is 25.2 Å². The highest BCUT2D eigenvalue weighted by molar-refractivity contribution is 5.17. The summed E-state index contributed by atoms with van der Waals surface area (Å²) < 4.78 is 36.7. The summed E-state index contributed by atoms with van der Waals surface area (Å²) in [6, 6.07) is 2.38. The van der Waals surface area contributed by atoms with Gasteiger partial charge >= 0.3 is 6.18 Å². The van der Waals surface area contributed by atoms with E-state index in [4.69, 9.17) is 11.5 Å². The van der Waals surface area contributed by atoms with Crippen molar-refractivity contribution in [3.63, 3.8) is 0 Å². The minimum atomic E-state index is -4.34. The smallest absolute Gasteiger partial charge is 0.330 e. The Kier molecular flexibility index (Phi) is 4.26. The Labute approximate surface area is 91.7 Å². The summed E-state index contributed by atoms with van der Waals surface area (Å²) in [5.74, 6) is 0.0595. The molecule has 1 rings (SSSR count). The molecule has 0 radical (unpaired) electrons. The second-order valence-corrected chi connectivity index (χ2v) is 3.58. The lowest BCUT2D eigenvalue weighted by atomic mass is 10.0. The van der Waals surface area contributed by atoms with Crippen LogP contribution in [0.4, 0.5) is 13.2 Å². The Morgan fingerprint density at radius 1 is 1.19 bits per heavy atom. The molecule has 0 unspecified atom stereocenters. The molecule has 0 amide bonds. The molecule has 0 aromatic carbocycles. The van der Waals surface area contributed by atoms with Gasteiger partial charge in [-0.3, -0.25) is 4.98 Å². The number of aromatic nitrogens is 1. The maximum Gasteiger partial charge on any atom is 0.417 e. The number of halogens is 3. The van der Waals surface area contributed by atoms with E-state index < -0.39 is 11.7 Å². The van der Waals surface area contributed by atoms with Gasteiger partial charge in [-0.2, -0.15) is 13.2 Å². The number of nitrogens with zero attached hydrogens (tertiary/aromatic N) is 1. The lowest BCUT2D eigenvalue weighted by Crippen LogP contribution is -2.25. The maximum atomic E-state index is 12.2. The van der Waals surface area contributed by atoms with Crippen molar-refractivity contribution in [2.24, 2.45) is 17.4 Å². The fourth-order valence-electron chi connectivity index (χ4n) is 1.27. The molecule has 1 heterocycles. The first kappa shape index (κ1) is 12.9. The lowest BCUT2D eigenvalue weighted by molar-refractivity contribution is -0.137.